The molecule has 27 heavy (non-hydrogen) atoms. The van der Waals surface area contributed by atoms with Crippen LogP contribution in [0, 0.1) is 5.92 Å². The number of rotatable bonds is 8. The Morgan fingerprint density at radius 1 is 1.15 bits per heavy atom. The lowest BCUT2D eigenvalue weighted by Gasteiger charge is -2.26. The van der Waals surface area contributed by atoms with Crippen LogP contribution in [0.25, 0.3) is 0 Å². The van der Waals surface area contributed by atoms with E-state index in [1.54, 1.807) is 45.0 Å². The number of sulfone groups is 1. The molecule has 1 aromatic rings. The van der Waals surface area contributed by atoms with Gasteiger partial charge in [0.2, 0.25) is 0 Å². The second-order valence-electron chi connectivity index (χ2n) is 7.40. The van der Waals surface area contributed by atoms with Crippen molar-refractivity contribution in [3.63, 3.8) is 0 Å². The average molecular weight is 485 g/mol. The molecule has 10 heteroatoms. The molecule has 7 nitrogen and oxygen atoms in total. The van der Waals surface area contributed by atoms with Crippen LogP contribution in [0.15, 0.2) is 28.7 Å². The van der Waals surface area contributed by atoms with Gasteiger partial charge in [0.15, 0.2) is 0 Å². The summed E-state index contributed by atoms with van der Waals surface area (Å²) >= 11 is 3.30. The van der Waals surface area contributed by atoms with E-state index in [2.05, 4.69) is 15.9 Å². The first kappa shape index (κ1) is 24.1. The van der Waals surface area contributed by atoms with E-state index in [-0.39, 0.29) is 6.42 Å². The van der Waals surface area contributed by atoms with Gasteiger partial charge < -0.3 is 4.74 Å². The zero-order valence-electron chi connectivity index (χ0n) is 15.9. The van der Waals surface area contributed by atoms with Crippen LogP contribution >= 0.6 is 15.9 Å². The minimum Gasteiger partial charge on any atom is -0.460 e. The lowest BCUT2D eigenvalue weighted by Crippen LogP contribution is -2.33. The van der Waals surface area contributed by atoms with E-state index < -0.39 is 49.3 Å². The maximum absolute atomic E-state index is 12.5. The molecule has 1 aromatic carbocycles. The first-order valence-corrected chi connectivity index (χ1v) is 12.8. The van der Waals surface area contributed by atoms with Crippen molar-refractivity contribution in [3.8, 4) is 0 Å². The third-order valence-electron chi connectivity index (χ3n) is 3.25. The monoisotopic (exact) mass is 484 g/mol. The number of esters is 1. The Morgan fingerprint density at radius 3 is 2.19 bits per heavy atom. The Labute approximate surface area is 169 Å². The highest BCUT2D eigenvalue weighted by Gasteiger charge is 2.33. The number of carbonyl (C=O) groups is 1. The van der Waals surface area contributed by atoms with E-state index >= 15 is 0 Å². The second-order valence-corrected chi connectivity index (χ2v) is 12.1. The van der Waals surface area contributed by atoms with Crippen molar-refractivity contribution in [2.75, 3.05) is 18.3 Å². The number of hydrogen-bond acceptors (Lipinski definition) is 7. The Balaban J connectivity index is 3.25. The predicted molar refractivity (Wildman–Crippen MR) is 106 cm³/mol. The molecule has 0 spiro atoms. The van der Waals surface area contributed by atoms with Crippen LogP contribution in [0.1, 0.15) is 38.9 Å². The van der Waals surface area contributed by atoms with Crippen LogP contribution in [0.3, 0.4) is 0 Å². The molecule has 0 bridgehead atoms. The SMILES string of the molecule is CC(C)(C)OC(=O)C(CC(OS(C)(=O)=O)c1cccc(Br)c1)CS(C)(=O)=O. The average Bonchev–Trinajstić information content (AvgIpc) is 2.41. The summed E-state index contributed by atoms with van der Waals surface area (Å²) < 4.78 is 58.1. The highest BCUT2D eigenvalue weighted by atomic mass is 79.9. The summed E-state index contributed by atoms with van der Waals surface area (Å²) in [5.74, 6) is -2.27. The van der Waals surface area contributed by atoms with Crippen LogP contribution < -0.4 is 0 Å². The third-order valence-corrected chi connectivity index (χ3v) is 5.34. The molecular weight excluding hydrogens is 460 g/mol. The molecule has 154 valence electrons. The number of hydrogen-bond donors (Lipinski definition) is 0. The highest BCUT2D eigenvalue weighted by Crippen LogP contribution is 2.30. The van der Waals surface area contributed by atoms with Crippen LogP contribution in [0.5, 0.6) is 0 Å². The molecule has 2 atom stereocenters. The summed E-state index contributed by atoms with van der Waals surface area (Å²) in [4.78, 5) is 12.5. The van der Waals surface area contributed by atoms with Crippen LogP contribution in [-0.2, 0) is 33.7 Å². The number of ether oxygens (including phenoxy) is 1. The Kier molecular flexibility index (Phi) is 8.04. The van der Waals surface area contributed by atoms with E-state index in [1.165, 1.54) is 0 Å². The number of benzene rings is 1. The van der Waals surface area contributed by atoms with Crippen LogP contribution in [0.4, 0.5) is 0 Å². The highest BCUT2D eigenvalue weighted by molar-refractivity contribution is 9.10. The molecule has 0 saturated heterocycles. The zero-order chi connectivity index (χ0) is 21.0. The second kappa shape index (κ2) is 9.02. The van der Waals surface area contributed by atoms with E-state index in [0.717, 1.165) is 12.5 Å². The maximum atomic E-state index is 12.5. The molecule has 1 rings (SSSR count). The molecular formula is C17H25BrO7S2. The standard InChI is InChI=1S/C17H25BrO7S2/c1-17(2,3)24-16(19)13(11-26(4,20)21)10-15(25-27(5,22)23)12-7-6-8-14(18)9-12/h6-9,13,15H,10-11H2,1-5H3. The van der Waals surface area contributed by atoms with Crippen molar-refractivity contribution < 1.29 is 30.6 Å². The van der Waals surface area contributed by atoms with Gasteiger partial charge in [-0.3, -0.25) is 8.98 Å². The third kappa shape index (κ3) is 10.2. The molecule has 0 aliphatic carbocycles. The summed E-state index contributed by atoms with van der Waals surface area (Å²) in [6.07, 6.45) is 0.718. The topological polar surface area (TPSA) is 104 Å². The Hall–Kier alpha value is -0.970. The zero-order valence-corrected chi connectivity index (χ0v) is 19.1. The van der Waals surface area contributed by atoms with Gasteiger partial charge in [0, 0.05) is 10.7 Å². The van der Waals surface area contributed by atoms with Gasteiger partial charge in [-0.2, -0.15) is 8.42 Å². The number of carbonyl (C=O) groups excluding carboxylic acids is 1. The summed E-state index contributed by atoms with van der Waals surface area (Å²) in [6, 6.07) is 6.75. The molecule has 0 fully saturated rings. The van der Waals surface area contributed by atoms with E-state index in [4.69, 9.17) is 8.92 Å². The summed E-state index contributed by atoms with van der Waals surface area (Å²) in [5, 5.41) is 0. The molecule has 2 unspecified atom stereocenters. The van der Waals surface area contributed by atoms with E-state index in [1.807, 2.05) is 0 Å². The van der Waals surface area contributed by atoms with Gasteiger partial charge >= 0.3 is 5.97 Å². The van der Waals surface area contributed by atoms with Gasteiger partial charge in [-0.25, -0.2) is 8.42 Å². The quantitative estimate of drug-likeness (QED) is 0.412. The normalized spacial score (nSPS) is 15.2. The lowest BCUT2D eigenvalue weighted by atomic mass is 9.98. The van der Waals surface area contributed by atoms with Crippen LogP contribution in [0.2, 0.25) is 0 Å². The Bertz CT molecular complexity index is 871. The van der Waals surface area contributed by atoms with Gasteiger partial charge in [0.25, 0.3) is 10.1 Å². The van der Waals surface area contributed by atoms with Crippen molar-refractivity contribution in [1.29, 1.82) is 0 Å². The molecule has 0 saturated carbocycles. The minimum atomic E-state index is -3.85. The molecule has 0 amide bonds. The first-order valence-electron chi connectivity index (χ1n) is 8.10. The van der Waals surface area contributed by atoms with Gasteiger partial charge in [-0.1, -0.05) is 28.1 Å². The minimum absolute atomic E-state index is 0.161. The molecule has 0 aliphatic rings. The fourth-order valence-electron chi connectivity index (χ4n) is 2.39. The van der Waals surface area contributed by atoms with Gasteiger partial charge in [-0.05, 0) is 44.9 Å². The largest absolute Gasteiger partial charge is 0.460 e. The molecule has 0 N–H and O–H groups in total. The van der Waals surface area contributed by atoms with Gasteiger partial charge in [-0.15, -0.1) is 0 Å². The van der Waals surface area contributed by atoms with Crippen molar-refractivity contribution in [2.45, 2.75) is 38.9 Å². The summed E-state index contributed by atoms with van der Waals surface area (Å²) in [7, 11) is -7.37. The van der Waals surface area contributed by atoms with Crippen molar-refractivity contribution in [3.05, 3.63) is 34.3 Å². The predicted octanol–water partition coefficient (Wildman–Crippen LogP) is 2.86. The van der Waals surface area contributed by atoms with E-state index in [9.17, 15) is 21.6 Å². The van der Waals surface area contributed by atoms with Crippen molar-refractivity contribution >= 4 is 41.9 Å². The summed E-state index contributed by atoms with van der Waals surface area (Å²) in [6.45, 7) is 5.00. The lowest BCUT2D eigenvalue weighted by molar-refractivity contribution is -0.160. The first-order chi connectivity index (χ1) is 12.1. The van der Waals surface area contributed by atoms with Crippen molar-refractivity contribution in [2.24, 2.45) is 5.92 Å². The number of halogens is 1. The smallest absolute Gasteiger partial charge is 0.310 e. The fourth-order valence-corrected chi connectivity index (χ4v) is 4.42. The van der Waals surface area contributed by atoms with Gasteiger partial charge in [0.1, 0.15) is 21.5 Å². The van der Waals surface area contributed by atoms with Crippen LogP contribution in [-0.4, -0.2) is 46.7 Å². The molecule has 0 aliphatic heterocycles. The van der Waals surface area contributed by atoms with Crippen molar-refractivity contribution in [1.82, 2.24) is 0 Å². The van der Waals surface area contributed by atoms with E-state index in [0.29, 0.717) is 10.0 Å². The molecule has 0 heterocycles. The fraction of sp³-hybridized carbons (Fsp3) is 0.588. The molecule has 0 radical (unpaired) electrons. The maximum Gasteiger partial charge on any atom is 0.310 e. The van der Waals surface area contributed by atoms with Gasteiger partial charge in [0.05, 0.1) is 17.9 Å². The Morgan fingerprint density at radius 2 is 1.74 bits per heavy atom. The molecule has 0 aromatic heterocycles. The summed E-state index contributed by atoms with van der Waals surface area (Å²) in [5.41, 5.74) is -0.313.